The summed E-state index contributed by atoms with van der Waals surface area (Å²) >= 11 is 0. The highest BCUT2D eigenvalue weighted by Gasteiger charge is 2.29. The van der Waals surface area contributed by atoms with Crippen LogP contribution in [-0.2, 0) is 24.3 Å². The Kier molecular flexibility index (Phi) is 11.9. The Morgan fingerprint density at radius 2 is 1.54 bits per heavy atom. The van der Waals surface area contributed by atoms with Crippen molar-refractivity contribution in [3.63, 3.8) is 0 Å². The number of primary amides is 1. The van der Waals surface area contributed by atoms with Crippen LogP contribution < -0.4 is 41.1 Å². The normalized spacial score (nSPS) is 16.8. The molecule has 0 bridgehead atoms. The van der Waals surface area contributed by atoms with Crippen LogP contribution in [0.1, 0.15) is 51.1 Å². The number of nitrogens with zero attached hydrogens (tertiary/aromatic N) is 6. The number of carbonyl (C=O) groups is 4. The number of methoxy groups -OCH3 is 1. The number of ether oxygens (including phenoxy) is 1. The number of aryl methyl sites for hydroxylation is 2. The van der Waals surface area contributed by atoms with Crippen molar-refractivity contribution in [2.24, 2.45) is 11.7 Å². The number of piperidine rings is 1. The molecule has 5 aromatic carbocycles. The van der Waals surface area contributed by atoms with E-state index >= 15 is 4.39 Å². The fourth-order valence-electron chi connectivity index (χ4n) is 9.98. The largest absolute Gasteiger partial charge is 0.496 e. The Hall–Kier alpha value is -7.46. The SMILES string of the molecule is COc1ccc2ccccc2c1C(=O)NCc1ccc(-c2nn3c(c2C(N)=O)Nc2ccc(N4CCN(CC5CCN(c6ccc(N7CCC(=O)NC7=O)cc6)CC5)CC4)cc2CC3)cc1F. The van der Waals surface area contributed by atoms with Gasteiger partial charge < -0.3 is 30.9 Å². The molecule has 5 amide bonds. The number of piperazine rings is 1. The van der Waals surface area contributed by atoms with Crippen LogP contribution in [0.4, 0.5) is 37.8 Å². The molecular weight excluding hydrogens is 852 g/mol. The summed E-state index contributed by atoms with van der Waals surface area (Å²) in [6, 6.07) is 29.8. The first kappa shape index (κ1) is 43.4. The van der Waals surface area contributed by atoms with Crippen LogP contribution in [0.15, 0.2) is 97.1 Å². The summed E-state index contributed by atoms with van der Waals surface area (Å²) in [5, 5.41) is 15.1. The number of hydrogen-bond donors (Lipinski definition) is 4. The van der Waals surface area contributed by atoms with Crippen LogP contribution in [0, 0.1) is 11.7 Å². The van der Waals surface area contributed by atoms with E-state index in [1.165, 1.54) is 13.2 Å². The molecule has 0 unspecified atom stereocenters. The van der Waals surface area contributed by atoms with Gasteiger partial charge in [-0.25, -0.2) is 13.9 Å². The molecule has 6 aromatic rings. The monoisotopic (exact) mass is 904 g/mol. The fraction of sp³-hybridized carbons (Fsp3) is 0.314. The maximum Gasteiger partial charge on any atom is 0.328 e. The quantitative estimate of drug-likeness (QED) is 0.110. The third-order valence-corrected chi connectivity index (χ3v) is 13.7. The van der Waals surface area contributed by atoms with Gasteiger partial charge in [-0.3, -0.25) is 29.5 Å². The van der Waals surface area contributed by atoms with E-state index in [9.17, 15) is 19.2 Å². The number of anilines is 5. The van der Waals surface area contributed by atoms with E-state index in [0.29, 0.717) is 54.5 Å². The van der Waals surface area contributed by atoms with Gasteiger partial charge in [-0.1, -0.05) is 42.5 Å². The average Bonchev–Trinajstić information content (AvgIpc) is 3.61. The molecule has 15 nitrogen and oxygen atoms in total. The number of benzene rings is 5. The molecule has 4 aliphatic heterocycles. The fourth-order valence-corrected chi connectivity index (χ4v) is 9.98. The molecular formula is C51H53FN10O5. The minimum absolute atomic E-state index is 0.0649. The lowest BCUT2D eigenvalue weighted by atomic mass is 9.95. The van der Waals surface area contributed by atoms with Crippen LogP contribution in [-0.4, -0.2) is 97.9 Å². The maximum atomic E-state index is 15.8. The third kappa shape index (κ3) is 8.83. The Morgan fingerprint density at radius 1 is 0.791 bits per heavy atom. The number of carbonyl (C=O) groups excluding carboxylic acids is 4. The van der Waals surface area contributed by atoms with Crippen molar-refractivity contribution in [3.8, 4) is 17.0 Å². The Bertz CT molecular complexity index is 2890. The standard InChI is InChI=1S/C51H53FN10O5/c1-67-43-15-8-33-4-2-3-5-40(33)45(43)50(65)54-30-36-7-6-35(29-41(36)52)47-46(48(53)64)49-55-42-14-13-39(28-34(42)18-23-62(49)57-47)60-26-24-58(25-27-60)31-32-16-20-59(21-17-32)37-9-11-38(12-10-37)61-22-19-44(63)56-51(61)66/h2-15,28-29,32,55H,16-27,30-31H2,1H3,(H2,53,64)(H,54,65)(H,56,63,66). The number of aromatic nitrogens is 2. The minimum atomic E-state index is -0.676. The molecule has 10 rings (SSSR count). The Labute approximate surface area is 387 Å². The molecule has 0 atom stereocenters. The molecule has 0 radical (unpaired) electrons. The number of fused-ring (bicyclic) bond motifs is 3. The molecule has 5 heterocycles. The highest BCUT2D eigenvalue weighted by Crippen LogP contribution is 2.37. The predicted octanol–water partition coefficient (Wildman–Crippen LogP) is 6.66. The van der Waals surface area contributed by atoms with E-state index in [1.54, 1.807) is 27.8 Å². The van der Waals surface area contributed by atoms with Crippen LogP contribution in [0.3, 0.4) is 0 Å². The van der Waals surface area contributed by atoms with Crippen molar-refractivity contribution in [3.05, 3.63) is 125 Å². The van der Waals surface area contributed by atoms with Gasteiger partial charge in [0.2, 0.25) is 5.91 Å². The number of urea groups is 1. The molecule has 0 aliphatic carbocycles. The molecule has 0 saturated carbocycles. The first-order valence-electron chi connectivity index (χ1n) is 23.0. The van der Waals surface area contributed by atoms with Gasteiger partial charge in [0.05, 0.1) is 12.7 Å². The first-order chi connectivity index (χ1) is 32.6. The van der Waals surface area contributed by atoms with Crippen LogP contribution in [0.5, 0.6) is 5.75 Å². The number of rotatable bonds is 11. The lowest BCUT2D eigenvalue weighted by Crippen LogP contribution is -2.49. The lowest BCUT2D eigenvalue weighted by Gasteiger charge is -2.40. The first-order valence-corrected chi connectivity index (χ1v) is 23.0. The van der Waals surface area contributed by atoms with Crippen molar-refractivity contribution >= 4 is 63.1 Å². The summed E-state index contributed by atoms with van der Waals surface area (Å²) in [5.41, 5.74) is 12.6. The summed E-state index contributed by atoms with van der Waals surface area (Å²) in [5.74, 6) is -0.322. The molecule has 344 valence electrons. The number of hydrogen-bond acceptors (Lipinski definition) is 10. The predicted molar refractivity (Wildman–Crippen MR) is 257 cm³/mol. The number of imide groups is 1. The second-order valence-electron chi connectivity index (χ2n) is 17.7. The van der Waals surface area contributed by atoms with Crippen LogP contribution in [0.25, 0.3) is 22.0 Å². The molecule has 0 spiro atoms. The second-order valence-corrected chi connectivity index (χ2v) is 17.7. The van der Waals surface area contributed by atoms with Gasteiger partial charge in [-0.2, -0.15) is 5.10 Å². The van der Waals surface area contributed by atoms with Gasteiger partial charge in [0.15, 0.2) is 0 Å². The zero-order chi connectivity index (χ0) is 46.2. The van der Waals surface area contributed by atoms with Gasteiger partial charge in [0, 0.05) is 106 Å². The van der Waals surface area contributed by atoms with Crippen molar-refractivity contribution in [2.45, 2.75) is 38.8 Å². The molecule has 1 aromatic heterocycles. The van der Waals surface area contributed by atoms with E-state index in [2.05, 4.69) is 61.0 Å². The summed E-state index contributed by atoms with van der Waals surface area (Å²) in [6.07, 6.45) is 3.22. The van der Waals surface area contributed by atoms with Gasteiger partial charge in [-0.15, -0.1) is 0 Å². The van der Waals surface area contributed by atoms with Crippen molar-refractivity contribution in [1.82, 2.24) is 25.3 Å². The smallest absolute Gasteiger partial charge is 0.328 e. The lowest BCUT2D eigenvalue weighted by molar-refractivity contribution is -0.120. The maximum absolute atomic E-state index is 15.8. The zero-order valence-electron chi connectivity index (χ0n) is 37.4. The summed E-state index contributed by atoms with van der Waals surface area (Å²) in [4.78, 5) is 59.4. The highest BCUT2D eigenvalue weighted by molar-refractivity contribution is 6.10. The van der Waals surface area contributed by atoms with Crippen LogP contribution >= 0.6 is 0 Å². The number of nitrogens with two attached hydrogens (primary N) is 1. The van der Waals surface area contributed by atoms with Gasteiger partial charge >= 0.3 is 6.03 Å². The summed E-state index contributed by atoms with van der Waals surface area (Å²) in [6.45, 7) is 7.73. The van der Waals surface area contributed by atoms with E-state index < -0.39 is 11.7 Å². The van der Waals surface area contributed by atoms with Gasteiger partial charge in [0.25, 0.3) is 11.8 Å². The number of halogens is 1. The Morgan fingerprint density at radius 3 is 2.28 bits per heavy atom. The third-order valence-electron chi connectivity index (χ3n) is 13.7. The van der Waals surface area contributed by atoms with E-state index in [1.807, 2.05) is 42.5 Å². The molecule has 5 N–H and O–H groups in total. The topological polar surface area (TPSA) is 170 Å². The zero-order valence-corrected chi connectivity index (χ0v) is 37.4. The van der Waals surface area contributed by atoms with Gasteiger partial charge in [-0.05, 0) is 96.1 Å². The molecule has 3 fully saturated rings. The van der Waals surface area contributed by atoms with Crippen molar-refractivity contribution in [1.29, 1.82) is 0 Å². The average molecular weight is 905 g/mol. The molecule has 67 heavy (non-hydrogen) atoms. The van der Waals surface area contributed by atoms with Crippen molar-refractivity contribution < 1.29 is 28.3 Å². The molecule has 3 saturated heterocycles. The number of amides is 5. The van der Waals surface area contributed by atoms with E-state index in [4.69, 9.17) is 15.6 Å². The summed E-state index contributed by atoms with van der Waals surface area (Å²) in [7, 11) is 1.51. The van der Waals surface area contributed by atoms with E-state index in [0.717, 1.165) is 97.7 Å². The van der Waals surface area contributed by atoms with Crippen molar-refractivity contribution in [2.75, 3.05) is 79.5 Å². The van der Waals surface area contributed by atoms with E-state index in [-0.39, 0.29) is 41.2 Å². The van der Waals surface area contributed by atoms with Crippen LogP contribution in [0.2, 0.25) is 0 Å². The second kappa shape index (κ2) is 18.4. The highest BCUT2D eigenvalue weighted by atomic mass is 19.1. The molecule has 4 aliphatic rings. The number of nitrogens with one attached hydrogen (secondary N) is 3. The Balaban J connectivity index is 0.737. The summed E-state index contributed by atoms with van der Waals surface area (Å²) < 4.78 is 23.0. The molecule has 16 heteroatoms. The van der Waals surface area contributed by atoms with Gasteiger partial charge in [0.1, 0.15) is 28.6 Å². The minimum Gasteiger partial charge on any atom is -0.496 e.